The van der Waals surface area contributed by atoms with Crippen LogP contribution in [0.4, 0.5) is 11.4 Å². The molecule has 0 unspecified atom stereocenters. The Bertz CT molecular complexity index is 1810. The number of carbonyl (C=O) groups is 4. The van der Waals surface area contributed by atoms with Gasteiger partial charge in [0.25, 0.3) is 11.6 Å². The summed E-state index contributed by atoms with van der Waals surface area (Å²) in [6.07, 6.45) is 0.124. The first-order chi connectivity index (χ1) is 20.5. The molecule has 42 heavy (non-hydrogen) atoms. The van der Waals surface area contributed by atoms with Crippen molar-refractivity contribution in [1.29, 1.82) is 0 Å². The summed E-state index contributed by atoms with van der Waals surface area (Å²) >= 11 is 0. The number of Topliss-reactive ketones (excluding diaryl/α,β-unsaturated/α-hetero) is 2. The molecule has 0 bridgehead atoms. The highest BCUT2D eigenvalue weighted by molar-refractivity contribution is 6.55. The Morgan fingerprint density at radius 1 is 0.452 bits per heavy atom. The molecule has 0 saturated heterocycles. The lowest BCUT2D eigenvalue weighted by atomic mass is 9.86. The lowest BCUT2D eigenvalue weighted by Gasteiger charge is -2.48. The molecule has 202 valence electrons. The van der Waals surface area contributed by atoms with E-state index in [2.05, 4.69) is 0 Å². The molecule has 0 aliphatic carbocycles. The molecule has 5 aromatic rings. The second-order valence-electron chi connectivity index (χ2n) is 10.4. The highest BCUT2D eigenvalue weighted by atomic mass is 16.2. The first-order valence-electron chi connectivity index (χ1n) is 13.7. The molecule has 2 amide bonds. The third-order valence-corrected chi connectivity index (χ3v) is 8.06. The first kappa shape index (κ1) is 25.4. The zero-order chi connectivity index (χ0) is 28.8. The van der Waals surface area contributed by atoms with Crippen molar-refractivity contribution in [3.05, 3.63) is 156 Å². The van der Waals surface area contributed by atoms with E-state index in [4.69, 9.17) is 0 Å². The summed E-state index contributed by atoms with van der Waals surface area (Å²) in [6, 6.07) is 40.6. The maximum Gasteiger partial charge on any atom is 0.301 e. The SMILES string of the molecule is O=C1C(=O)N(C(Cc2ccccc2)(c2ccc(-c3ccccc3)cc2)N2C(=O)C(=O)c3ccccc32)c2ccccc21. The van der Waals surface area contributed by atoms with E-state index in [0.29, 0.717) is 16.9 Å². The highest BCUT2D eigenvalue weighted by Gasteiger charge is 2.58. The third kappa shape index (κ3) is 3.73. The van der Waals surface area contributed by atoms with Gasteiger partial charge in [-0.25, -0.2) is 0 Å². The van der Waals surface area contributed by atoms with Gasteiger partial charge in [0.05, 0.1) is 22.5 Å². The van der Waals surface area contributed by atoms with Crippen LogP contribution in [0.5, 0.6) is 0 Å². The molecule has 0 fully saturated rings. The molecule has 2 aliphatic rings. The number of benzene rings is 5. The number of para-hydroxylation sites is 2. The minimum absolute atomic E-state index is 0.124. The van der Waals surface area contributed by atoms with Gasteiger partial charge in [-0.05, 0) is 46.5 Å². The molecule has 6 nitrogen and oxygen atoms in total. The van der Waals surface area contributed by atoms with Crippen LogP contribution in [-0.2, 0) is 21.7 Å². The predicted molar refractivity (Wildman–Crippen MR) is 160 cm³/mol. The average molecular weight is 549 g/mol. The number of hydrogen-bond acceptors (Lipinski definition) is 4. The molecule has 0 saturated carbocycles. The second kappa shape index (κ2) is 9.78. The molecule has 0 N–H and O–H groups in total. The van der Waals surface area contributed by atoms with Crippen LogP contribution in [0.2, 0.25) is 0 Å². The largest absolute Gasteiger partial charge is 0.301 e. The minimum Gasteiger partial charge on any atom is -0.283 e. The zero-order valence-electron chi connectivity index (χ0n) is 22.4. The van der Waals surface area contributed by atoms with Gasteiger partial charge in [-0.1, -0.05) is 109 Å². The molecule has 0 aromatic heterocycles. The van der Waals surface area contributed by atoms with Crippen molar-refractivity contribution in [3.63, 3.8) is 0 Å². The molecule has 7 rings (SSSR count). The highest BCUT2D eigenvalue weighted by Crippen LogP contribution is 2.49. The van der Waals surface area contributed by atoms with Crippen LogP contribution in [0.25, 0.3) is 11.1 Å². The lowest BCUT2D eigenvalue weighted by Crippen LogP contribution is -2.63. The van der Waals surface area contributed by atoms with Crippen molar-refractivity contribution < 1.29 is 19.2 Å². The minimum atomic E-state index is -1.59. The molecule has 2 aliphatic heterocycles. The van der Waals surface area contributed by atoms with E-state index < -0.39 is 29.0 Å². The normalized spacial score (nSPS) is 14.4. The van der Waals surface area contributed by atoms with Gasteiger partial charge in [-0.2, -0.15) is 0 Å². The number of fused-ring (bicyclic) bond motifs is 2. The van der Waals surface area contributed by atoms with E-state index >= 15 is 0 Å². The fraction of sp³-hybridized carbons (Fsp3) is 0.0556. The van der Waals surface area contributed by atoms with E-state index in [0.717, 1.165) is 16.7 Å². The smallest absolute Gasteiger partial charge is 0.283 e. The zero-order valence-corrected chi connectivity index (χ0v) is 22.4. The molecule has 0 atom stereocenters. The summed E-state index contributed by atoms with van der Waals surface area (Å²) in [4.78, 5) is 57.8. The summed E-state index contributed by atoms with van der Waals surface area (Å²) in [5.41, 5.74) is 3.06. The number of carbonyl (C=O) groups excluding carboxylic acids is 4. The van der Waals surface area contributed by atoms with Crippen molar-refractivity contribution in [1.82, 2.24) is 0 Å². The summed E-state index contributed by atoms with van der Waals surface area (Å²) < 4.78 is 0. The van der Waals surface area contributed by atoms with Gasteiger partial charge in [-0.15, -0.1) is 0 Å². The summed E-state index contributed by atoms with van der Waals surface area (Å²) in [5, 5.41) is 0. The number of hydrogen-bond donors (Lipinski definition) is 0. The van der Waals surface area contributed by atoms with E-state index in [-0.39, 0.29) is 17.5 Å². The summed E-state index contributed by atoms with van der Waals surface area (Å²) in [5.74, 6) is -2.84. The molecule has 0 radical (unpaired) electrons. The Kier molecular flexibility index (Phi) is 5.91. The van der Waals surface area contributed by atoms with E-state index in [1.165, 1.54) is 9.80 Å². The number of nitrogens with zero attached hydrogens (tertiary/aromatic N) is 2. The Morgan fingerprint density at radius 2 is 0.881 bits per heavy atom. The Hall–Kier alpha value is -5.62. The van der Waals surface area contributed by atoms with Gasteiger partial charge in [0.2, 0.25) is 0 Å². The molecular formula is C36H24N2O4. The van der Waals surface area contributed by atoms with Gasteiger partial charge < -0.3 is 0 Å². The molecule has 6 heteroatoms. The number of rotatable bonds is 6. The fourth-order valence-corrected chi connectivity index (χ4v) is 6.17. The fourth-order valence-electron chi connectivity index (χ4n) is 6.17. The van der Waals surface area contributed by atoms with Crippen molar-refractivity contribution in [2.45, 2.75) is 12.1 Å². The predicted octanol–water partition coefficient (Wildman–Crippen LogP) is 6.21. The number of amides is 2. The van der Waals surface area contributed by atoms with Crippen LogP contribution in [0.15, 0.2) is 133 Å². The van der Waals surface area contributed by atoms with Crippen LogP contribution in [0, 0.1) is 0 Å². The topological polar surface area (TPSA) is 74.8 Å². The van der Waals surface area contributed by atoms with Crippen LogP contribution < -0.4 is 9.80 Å². The van der Waals surface area contributed by atoms with Crippen LogP contribution in [-0.4, -0.2) is 23.4 Å². The Morgan fingerprint density at radius 3 is 1.40 bits per heavy atom. The average Bonchev–Trinajstić information content (AvgIpc) is 3.46. The van der Waals surface area contributed by atoms with Crippen LogP contribution in [0.3, 0.4) is 0 Å². The van der Waals surface area contributed by atoms with Gasteiger partial charge in [-0.3, -0.25) is 29.0 Å². The molecule has 0 spiro atoms. The van der Waals surface area contributed by atoms with Gasteiger partial charge in [0.15, 0.2) is 5.66 Å². The van der Waals surface area contributed by atoms with E-state index in [1.807, 2.05) is 84.9 Å². The van der Waals surface area contributed by atoms with Gasteiger partial charge >= 0.3 is 11.8 Å². The first-order valence-corrected chi connectivity index (χ1v) is 13.7. The second-order valence-corrected chi connectivity index (χ2v) is 10.4. The van der Waals surface area contributed by atoms with Crippen LogP contribution in [0.1, 0.15) is 31.8 Å². The lowest BCUT2D eigenvalue weighted by molar-refractivity contribution is -0.117. The van der Waals surface area contributed by atoms with E-state index in [1.54, 1.807) is 48.5 Å². The van der Waals surface area contributed by atoms with Crippen molar-refractivity contribution in [2.24, 2.45) is 0 Å². The number of ketones is 2. The van der Waals surface area contributed by atoms with Gasteiger partial charge in [0, 0.05) is 6.42 Å². The molecule has 5 aromatic carbocycles. The van der Waals surface area contributed by atoms with Crippen LogP contribution >= 0.6 is 0 Å². The van der Waals surface area contributed by atoms with Crippen molar-refractivity contribution in [3.8, 4) is 11.1 Å². The molecular weight excluding hydrogens is 524 g/mol. The standard InChI is InChI=1S/C36H24N2O4/c39-32-28-15-7-9-17-30(28)37(34(32)41)36(23-24-11-3-1-4-12-24,38-31-18-10-8-16-29(31)33(40)35(38)42)27-21-19-26(20-22-27)25-13-5-2-6-14-25/h1-22H,23H2. The maximum absolute atomic E-state index is 14.1. The summed E-state index contributed by atoms with van der Waals surface area (Å²) in [6.45, 7) is 0. The van der Waals surface area contributed by atoms with E-state index in [9.17, 15) is 19.2 Å². The third-order valence-electron chi connectivity index (χ3n) is 8.06. The maximum atomic E-state index is 14.1. The quantitative estimate of drug-likeness (QED) is 0.237. The number of anilines is 2. The monoisotopic (exact) mass is 548 g/mol. The molecule has 2 heterocycles. The summed E-state index contributed by atoms with van der Waals surface area (Å²) in [7, 11) is 0. The Balaban J connectivity index is 1.55. The van der Waals surface area contributed by atoms with Gasteiger partial charge in [0.1, 0.15) is 0 Å². The van der Waals surface area contributed by atoms with Crippen molar-refractivity contribution >= 4 is 34.8 Å². The van der Waals surface area contributed by atoms with Crippen molar-refractivity contribution in [2.75, 3.05) is 9.80 Å². The Labute approximate surface area is 242 Å².